The predicted octanol–water partition coefficient (Wildman–Crippen LogP) is 3.77. The number of nitrogens with one attached hydrogen (secondary N) is 1. The van der Waals surface area contributed by atoms with Crippen molar-refractivity contribution in [2.24, 2.45) is 0 Å². The molecule has 3 aromatic rings. The van der Waals surface area contributed by atoms with Crippen LogP contribution in [0.25, 0.3) is 0 Å². The first-order chi connectivity index (χ1) is 22.4. The fourth-order valence-electron chi connectivity index (χ4n) is 5.81. The van der Waals surface area contributed by atoms with E-state index in [0.29, 0.717) is 68.4 Å². The highest BCUT2D eigenvalue weighted by atomic mass is 16.5. The summed E-state index contributed by atoms with van der Waals surface area (Å²) < 4.78 is 28.8. The zero-order valence-electron chi connectivity index (χ0n) is 26.7. The van der Waals surface area contributed by atoms with Crippen LogP contribution in [0.5, 0.6) is 17.2 Å². The molecule has 2 aromatic carbocycles. The fourth-order valence-corrected chi connectivity index (χ4v) is 5.81. The topological polar surface area (TPSA) is 133 Å². The zero-order chi connectivity index (χ0) is 32.5. The van der Waals surface area contributed by atoms with Gasteiger partial charge in [-0.05, 0) is 54.7 Å². The fraction of sp³-hybridized carbons (Fsp3) is 0.471. The van der Waals surface area contributed by atoms with Crippen molar-refractivity contribution in [3.8, 4) is 17.2 Å². The maximum atomic E-state index is 13.5. The summed E-state index contributed by atoms with van der Waals surface area (Å²) in [6.45, 7) is 3.52. The third-order valence-electron chi connectivity index (χ3n) is 8.26. The number of oxazole rings is 1. The van der Waals surface area contributed by atoms with Crippen molar-refractivity contribution < 1.29 is 37.7 Å². The van der Waals surface area contributed by atoms with Gasteiger partial charge >= 0.3 is 0 Å². The maximum absolute atomic E-state index is 13.5. The molecule has 3 aliphatic rings. The number of methoxy groups -OCH3 is 2. The van der Waals surface area contributed by atoms with Crippen LogP contribution in [0.4, 0.5) is 0 Å². The molecule has 3 amide bonds. The molecule has 0 aliphatic carbocycles. The molecule has 1 fully saturated rings. The second kappa shape index (κ2) is 15.7. The number of hydrogen-bond donors (Lipinski definition) is 1. The number of carbonyl (C=O) groups excluding carboxylic acids is 3. The summed E-state index contributed by atoms with van der Waals surface area (Å²) in [6, 6.07) is 12.7. The number of ether oxygens (including phenoxy) is 4. The Morgan fingerprint density at radius 3 is 2.78 bits per heavy atom. The summed E-state index contributed by atoms with van der Waals surface area (Å²) in [4.78, 5) is 47.8. The average molecular weight is 635 g/mol. The number of fused-ring (bicyclic) bond motifs is 9. The van der Waals surface area contributed by atoms with E-state index in [0.717, 1.165) is 11.1 Å². The van der Waals surface area contributed by atoms with Gasteiger partial charge in [0.1, 0.15) is 11.5 Å². The van der Waals surface area contributed by atoms with Crippen molar-refractivity contribution in [1.29, 1.82) is 0 Å². The Morgan fingerprint density at radius 1 is 1.11 bits per heavy atom. The molecule has 1 saturated heterocycles. The standard InChI is InChI=1S/C34H42N4O8/c1-4-27-33(35-22-45-27)34(41)38-15-13-28-26(19-38)36-31(39)20-37(14-6-16-42-2)32(40)12-10-23-9-11-29(30(18-23)43-3)46-25-8-5-7-24(17-25)21-44-28/h5,7-9,11,17-18,22,26,28H,4,6,10,12-16,19-21H2,1-3H3,(H,36,39)/t26-,28+/m0/s1. The number of aromatic nitrogens is 1. The molecule has 4 heterocycles. The SMILES string of the molecule is CCc1ocnc1C(=O)N1CC[C@H]2OCc3cccc(c3)Oc3ccc(cc3OC)CCC(=O)N(CCCOC)CC(=O)N[C@H]2C1. The monoisotopic (exact) mass is 634 g/mol. The normalized spacial score (nSPS) is 19.4. The number of aryl methyl sites for hydroxylation is 2. The second-order valence-corrected chi connectivity index (χ2v) is 11.4. The van der Waals surface area contributed by atoms with Crippen LogP contribution in [0.1, 0.15) is 53.6 Å². The van der Waals surface area contributed by atoms with Crippen LogP contribution in [0, 0.1) is 0 Å². The van der Waals surface area contributed by atoms with Crippen LogP contribution in [0.2, 0.25) is 0 Å². The number of nitrogens with zero attached hydrogens (tertiary/aromatic N) is 3. The Morgan fingerprint density at radius 2 is 1.98 bits per heavy atom. The number of hydrogen-bond acceptors (Lipinski definition) is 9. The van der Waals surface area contributed by atoms with E-state index in [-0.39, 0.29) is 55.6 Å². The number of carbonyl (C=O) groups is 3. The third-order valence-corrected chi connectivity index (χ3v) is 8.26. The Labute approximate surface area is 268 Å². The molecule has 46 heavy (non-hydrogen) atoms. The average Bonchev–Trinajstić information content (AvgIpc) is 3.55. The highest BCUT2D eigenvalue weighted by Gasteiger charge is 2.35. The van der Waals surface area contributed by atoms with Gasteiger partial charge in [0.15, 0.2) is 23.6 Å². The molecule has 1 N–H and O–H groups in total. The number of piperidine rings is 1. The molecule has 1 aromatic heterocycles. The lowest BCUT2D eigenvalue weighted by Crippen LogP contribution is -2.58. The Balaban J connectivity index is 1.41. The molecule has 3 aliphatic heterocycles. The minimum absolute atomic E-state index is 0.124. The van der Waals surface area contributed by atoms with Gasteiger partial charge in [0.25, 0.3) is 5.91 Å². The molecule has 0 radical (unpaired) electrons. The smallest absolute Gasteiger partial charge is 0.276 e. The maximum Gasteiger partial charge on any atom is 0.276 e. The van der Waals surface area contributed by atoms with E-state index in [4.69, 9.17) is 23.4 Å². The van der Waals surface area contributed by atoms with Gasteiger partial charge in [-0.15, -0.1) is 0 Å². The van der Waals surface area contributed by atoms with Gasteiger partial charge in [-0.25, -0.2) is 4.98 Å². The van der Waals surface area contributed by atoms with E-state index in [9.17, 15) is 14.4 Å². The molecule has 0 unspecified atom stereocenters. The minimum atomic E-state index is -0.515. The number of amides is 3. The molecule has 0 spiro atoms. The molecular formula is C34H42N4O8. The van der Waals surface area contributed by atoms with Gasteiger partial charge in [-0.1, -0.05) is 25.1 Å². The highest BCUT2D eigenvalue weighted by Crippen LogP contribution is 2.33. The quantitative estimate of drug-likeness (QED) is 0.386. The summed E-state index contributed by atoms with van der Waals surface area (Å²) in [5.41, 5.74) is 2.08. The van der Waals surface area contributed by atoms with Gasteiger partial charge in [0.05, 0.1) is 32.4 Å². The van der Waals surface area contributed by atoms with E-state index in [1.165, 1.54) is 6.39 Å². The third kappa shape index (κ3) is 8.24. The molecule has 2 atom stereocenters. The van der Waals surface area contributed by atoms with Crippen LogP contribution in [0.3, 0.4) is 0 Å². The first kappa shape index (κ1) is 33.0. The molecule has 12 nitrogen and oxygen atoms in total. The van der Waals surface area contributed by atoms with E-state index in [1.807, 2.05) is 49.4 Å². The summed E-state index contributed by atoms with van der Waals surface area (Å²) in [5, 5.41) is 3.08. The second-order valence-electron chi connectivity index (χ2n) is 11.4. The van der Waals surface area contributed by atoms with Gasteiger partial charge in [0.2, 0.25) is 11.8 Å². The first-order valence-corrected chi connectivity index (χ1v) is 15.7. The molecule has 6 rings (SSSR count). The van der Waals surface area contributed by atoms with E-state index < -0.39 is 6.04 Å². The van der Waals surface area contributed by atoms with Crippen molar-refractivity contribution in [1.82, 2.24) is 20.1 Å². The van der Waals surface area contributed by atoms with Gasteiger partial charge in [-0.2, -0.15) is 0 Å². The van der Waals surface area contributed by atoms with Gasteiger partial charge < -0.3 is 38.5 Å². The number of benzene rings is 2. The lowest BCUT2D eigenvalue weighted by Gasteiger charge is -2.39. The minimum Gasteiger partial charge on any atom is -0.493 e. The van der Waals surface area contributed by atoms with Crippen LogP contribution < -0.4 is 14.8 Å². The Kier molecular flexibility index (Phi) is 11.3. The number of likely N-dealkylation sites (tertiary alicyclic amines) is 1. The Hall–Kier alpha value is -4.42. The molecular weight excluding hydrogens is 592 g/mol. The highest BCUT2D eigenvalue weighted by molar-refractivity contribution is 5.93. The molecule has 246 valence electrons. The van der Waals surface area contributed by atoms with Crippen LogP contribution >= 0.6 is 0 Å². The predicted molar refractivity (Wildman–Crippen MR) is 168 cm³/mol. The van der Waals surface area contributed by atoms with Gasteiger partial charge in [0, 0.05) is 46.2 Å². The summed E-state index contributed by atoms with van der Waals surface area (Å²) in [7, 11) is 3.18. The van der Waals surface area contributed by atoms with Crippen LogP contribution in [-0.2, 0) is 38.5 Å². The molecule has 0 saturated carbocycles. The van der Waals surface area contributed by atoms with Crippen molar-refractivity contribution in [3.05, 3.63) is 71.4 Å². The summed E-state index contributed by atoms with van der Waals surface area (Å²) in [6.07, 6.45) is 3.18. The lowest BCUT2D eigenvalue weighted by molar-refractivity contribution is -0.137. The van der Waals surface area contributed by atoms with Crippen molar-refractivity contribution in [3.63, 3.8) is 0 Å². The Bertz CT molecular complexity index is 1510. The summed E-state index contributed by atoms with van der Waals surface area (Å²) >= 11 is 0. The molecule has 12 heteroatoms. The summed E-state index contributed by atoms with van der Waals surface area (Å²) in [5.74, 6) is 1.53. The van der Waals surface area contributed by atoms with Crippen molar-refractivity contribution >= 4 is 17.7 Å². The van der Waals surface area contributed by atoms with Crippen LogP contribution in [0.15, 0.2) is 53.3 Å². The van der Waals surface area contributed by atoms with E-state index in [1.54, 1.807) is 24.0 Å². The zero-order valence-corrected chi connectivity index (χ0v) is 26.7. The van der Waals surface area contributed by atoms with E-state index >= 15 is 0 Å². The van der Waals surface area contributed by atoms with Crippen molar-refractivity contribution in [2.45, 2.75) is 57.8 Å². The van der Waals surface area contributed by atoms with Gasteiger partial charge in [-0.3, -0.25) is 14.4 Å². The largest absolute Gasteiger partial charge is 0.493 e. The lowest BCUT2D eigenvalue weighted by atomic mass is 10.0. The first-order valence-electron chi connectivity index (χ1n) is 15.7. The van der Waals surface area contributed by atoms with Crippen molar-refractivity contribution in [2.75, 3.05) is 47.0 Å². The van der Waals surface area contributed by atoms with Crippen LogP contribution in [-0.4, -0.2) is 91.7 Å². The molecule has 4 bridgehead atoms. The van der Waals surface area contributed by atoms with E-state index in [2.05, 4.69) is 10.3 Å². The number of rotatable bonds is 7.